The summed E-state index contributed by atoms with van der Waals surface area (Å²) in [5, 5.41) is 0. The van der Waals surface area contributed by atoms with E-state index in [9.17, 15) is 0 Å². The van der Waals surface area contributed by atoms with Gasteiger partial charge in [-0.1, -0.05) is 6.07 Å². The molecule has 2 aromatic rings. The van der Waals surface area contributed by atoms with Crippen molar-refractivity contribution in [1.29, 1.82) is 0 Å². The van der Waals surface area contributed by atoms with Crippen molar-refractivity contribution in [2.75, 3.05) is 0 Å². The van der Waals surface area contributed by atoms with Crippen molar-refractivity contribution < 1.29 is 0 Å². The van der Waals surface area contributed by atoms with E-state index >= 15 is 0 Å². The van der Waals surface area contributed by atoms with Crippen LogP contribution in [0.2, 0.25) is 0 Å². The van der Waals surface area contributed by atoms with Crippen molar-refractivity contribution in [3.8, 4) is 11.4 Å². The molecular weight excluding hydrogens is 200 g/mol. The molecule has 0 bridgehead atoms. The van der Waals surface area contributed by atoms with Crippen LogP contribution in [0.25, 0.3) is 11.4 Å². The summed E-state index contributed by atoms with van der Waals surface area (Å²) in [5.41, 5.74) is 8.35. The van der Waals surface area contributed by atoms with E-state index in [-0.39, 0.29) is 6.04 Å². The zero-order valence-corrected chi connectivity index (χ0v) is 9.38. The molecule has 0 aliphatic rings. The summed E-state index contributed by atoms with van der Waals surface area (Å²) in [5.74, 6) is 0.653. The van der Waals surface area contributed by atoms with Gasteiger partial charge in [0.2, 0.25) is 0 Å². The summed E-state index contributed by atoms with van der Waals surface area (Å²) in [6, 6.07) is 7.48. The second-order valence-corrected chi connectivity index (χ2v) is 3.76. The molecule has 4 nitrogen and oxygen atoms in total. The number of nitrogens with two attached hydrogens (primary N) is 1. The first-order valence-corrected chi connectivity index (χ1v) is 5.19. The highest BCUT2D eigenvalue weighted by atomic mass is 14.9. The molecule has 0 aromatic carbocycles. The van der Waals surface area contributed by atoms with Gasteiger partial charge in [-0.2, -0.15) is 0 Å². The minimum absolute atomic E-state index is 0.164. The van der Waals surface area contributed by atoms with E-state index in [4.69, 9.17) is 5.73 Å². The van der Waals surface area contributed by atoms with Crippen molar-refractivity contribution >= 4 is 0 Å². The molecule has 0 aliphatic carbocycles. The van der Waals surface area contributed by atoms with Crippen molar-refractivity contribution in [3.63, 3.8) is 0 Å². The first-order valence-electron chi connectivity index (χ1n) is 5.19. The fourth-order valence-electron chi connectivity index (χ4n) is 1.44. The Bertz CT molecular complexity index is 480. The molecule has 1 unspecified atom stereocenters. The number of hydrogen-bond acceptors (Lipinski definition) is 4. The number of aromatic nitrogens is 3. The quantitative estimate of drug-likeness (QED) is 0.828. The van der Waals surface area contributed by atoms with Gasteiger partial charge in [-0.3, -0.25) is 4.98 Å². The molecular formula is C12H14N4. The monoisotopic (exact) mass is 214 g/mol. The highest BCUT2D eigenvalue weighted by Gasteiger charge is 2.08. The summed E-state index contributed by atoms with van der Waals surface area (Å²) in [4.78, 5) is 13.0. The Kier molecular flexibility index (Phi) is 2.92. The van der Waals surface area contributed by atoms with Gasteiger partial charge in [-0.25, -0.2) is 9.97 Å². The lowest BCUT2D eigenvalue weighted by molar-refractivity contribution is 0.734. The summed E-state index contributed by atoms with van der Waals surface area (Å²) in [6.07, 6.45) is 1.75. The molecule has 0 aliphatic heterocycles. The number of aryl methyl sites for hydroxylation is 1. The average Bonchev–Trinajstić information content (AvgIpc) is 2.29. The molecule has 2 aromatic heterocycles. The molecule has 0 saturated heterocycles. The normalized spacial score (nSPS) is 12.4. The minimum Gasteiger partial charge on any atom is -0.322 e. The van der Waals surface area contributed by atoms with E-state index in [2.05, 4.69) is 15.0 Å². The predicted molar refractivity (Wildman–Crippen MR) is 62.6 cm³/mol. The maximum atomic E-state index is 5.78. The van der Waals surface area contributed by atoms with E-state index in [1.165, 1.54) is 0 Å². The van der Waals surface area contributed by atoms with Gasteiger partial charge < -0.3 is 5.73 Å². The number of nitrogens with zero attached hydrogens (tertiary/aromatic N) is 3. The molecule has 2 N–H and O–H groups in total. The van der Waals surface area contributed by atoms with Gasteiger partial charge in [-0.05, 0) is 32.0 Å². The van der Waals surface area contributed by atoms with Gasteiger partial charge in [0.1, 0.15) is 5.82 Å². The fraction of sp³-hybridized carbons (Fsp3) is 0.250. The number of rotatable bonds is 2. The van der Waals surface area contributed by atoms with Crippen molar-refractivity contribution in [2.45, 2.75) is 19.9 Å². The lowest BCUT2D eigenvalue weighted by atomic mass is 10.2. The van der Waals surface area contributed by atoms with Crippen LogP contribution in [-0.2, 0) is 0 Å². The maximum Gasteiger partial charge on any atom is 0.145 e. The van der Waals surface area contributed by atoms with Crippen LogP contribution >= 0.6 is 0 Å². The third-order valence-corrected chi connectivity index (χ3v) is 2.21. The van der Waals surface area contributed by atoms with E-state index < -0.39 is 0 Å². The molecule has 2 heterocycles. The Morgan fingerprint density at radius 2 is 2.00 bits per heavy atom. The van der Waals surface area contributed by atoms with Crippen LogP contribution in [-0.4, -0.2) is 15.0 Å². The van der Waals surface area contributed by atoms with E-state index in [1.54, 1.807) is 6.20 Å². The zero-order valence-electron chi connectivity index (χ0n) is 9.38. The molecule has 0 fully saturated rings. The second kappa shape index (κ2) is 4.37. The van der Waals surface area contributed by atoms with E-state index in [1.807, 2.05) is 38.1 Å². The first-order chi connectivity index (χ1) is 7.66. The van der Waals surface area contributed by atoms with Crippen molar-refractivity contribution in [3.05, 3.63) is 42.0 Å². The lowest BCUT2D eigenvalue weighted by Gasteiger charge is -2.07. The molecule has 0 spiro atoms. The second-order valence-electron chi connectivity index (χ2n) is 3.76. The molecule has 0 amide bonds. The number of pyridine rings is 1. The molecule has 0 saturated carbocycles. The predicted octanol–water partition coefficient (Wildman–Crippen LogP) is 1.87. The molecule has 1 atom stereocenters. The van der Waals surface area contributed by atoms with Crippen LogP contribution in [0.4, 0.5) is 0 Å². The highest BCUT2D eigenvalue weighted by Crippen LogP contribution is 2.16. The van der Waals surface area contributed by atoms with E-state index in [0.29, 0.717) is 5.82 Å². The van der Waals surface area contributed by atoms with Crippen LogP contribution in [0.1, 0.15) is 24.5 Å². The van der Waals surface area contributed by atoms with Gasteiger partial charge in [0.05, 0.1) is 17.4 Å². The molecule has 16 heavy (non-hydrogen) atoms. The van der Waals surface area contributed by atoms with Crippen molar-refractivity contribution in [2.24, 2.45) is 5.73 Å². The summed E-state index contributed by atoms with van der Waals surface area (Å²) < 4.78 is 0. The Labute approximate surface area is 94.6 Å². The summed E-state index contributed by atoms with van der Waals surface area (Å²) >= 11 is 0. The van der Waals surface area contributed by atoms with Crippen LogP contribution < -0.4 is 5.73 Å². The third kappa shape index (κ3) is 2.23. The molecule has 2 rings (SSSR count). The van der Waals surface area contributed by atoms with Crippen LogP contribution in [0.15, 0.2) is 30.5 Å². The van der Waals surface area contributed by atoms with Crippen molar-refractivity contribution in [1.82, 2.24) is 15.0 Å². The molecule has 82 valence electrons. The molecule has 4 heteroatoms. The molecule has 0 radical (unpaired) electrons. The smallest absolute Gasteiger partial charge is 0.145 e. The Morgan fingerprint density at radius 1 is 1.19 bits per heavy atom. The average molecular weight is 214 g/mol. The van der Waals surface area contributed by atoms with Gasteiger partial charge in [0.25, 0.3) is 0 Å². The van der Waals surface area contributed by atoms with E-state index in [0.717, 1.165) is 17.1 Å². The largest absolute Gasteiger partial charge is 0.322 e. The highest BCUT2D eigenvalue weighted by molar-refractivity contribution is 5.53. The van der Waals surface area contributed by atoms with Gasteiger partial charge in [-0.15, -0.1) is 0 Å². The fourth-order valence-corrected chi connectivity index (χ4v) is 1.44. The van der Waals surface area contributed by atoms with Crippen LogP contribution in [0.5, 0.6) is 0 Å². The minimum atomic E-state index is -0.164. The van der Waals surface area contributed by atoms with Crippen LogP contribution in [0, 0.1) is 6.92 Å². The van der Waals surface area contributed by atoms with Gasteiger partial charge in [0, 0.05) is 11.9 Å². The Balaban J connectivity index is 2.50. The standard InChI is InChI=1S/C12H14N4/c1-8-7-11(10-5-3-4-6-14-10)16-12(15-8)9(2)13/h3-7,9H,13H2,1-2H3. The SMILES string of the molecule is Cc1cc(-c2ccccn2)nc(C(C)N)n1. The Hall–Kier alpha value is -1.81. The zero-order chi connectivity index (χ0) is 11.5. The maximum absolute atomic E-state index is 5.78. The first kappa shape index (κ1) is 10.7. The Morgan fingerprint density at radius 3 is 2.62 bits per heavy atom. The summed E-state index contributed by atoms with van der Waals surface area (Å²) in [6.45, 7) is 3.80. The topological polar surface area (TPSA) is 64.7 Å². The lowest BCUT2D eigenvalue weighted by Crippen LogP contribution is -2.11. The van der Waals surface area contributed by atoms with Gasteiger partial charge in [0.15, 0.2) is 0 Å². The van der Waals surface area contributed by atoms with Gasteiger partial charge >= 0.3 is 0 Å². The third-order valence-electron chi connectivity index (χ3n) is 2.21. The number of hydrogen-bond donors (Lipinski definition) is 1. The van der Waals surface area contributed by atoms with Crippen LogP contribution in [0.3, 0.4) is 0 Å². The summed E-state index contributed by atoms with van der Waals surface area (Å²) in [7, 11) is 0.